The highest BCUT2D eigenvalue weighted by Crippen LogP contribution is 2.49. The van der Waals surface area contributed by atoms with Crippen LogP contribution in [0.1, 0.15) is 5.56 Å². The number of rotatable bonds is 4. The molecule has 56 heavy (non-hydrogen) atoms. The molecule has 0 amide bonds. The van der Waals surface area contributed by atoms with E-state index in [1.165, 1.54) is 10.8 Å². The molecule has 0 N–H and O–H groups in total. The van der Waals surface area contributed by atoms with E-state index in [9.17, 15) is 0 Å². The van der Waals surface area contributed by atoms with Gasteiger partial charge in [-0.1, -0.05) is 121 Å². The first-order chi connectivity index (χ1) is 27.7. The van der Waals surface area contributed by atoms with Crippen molar-refractivity contribution in [2.45, 2.75) is 6.92 Å². The van der Waals surface area contributed by atoms with Crippen molar-refractivity contribution in [3.63, 3.8) is 0 Å². The molecule has 12 rings (SSSR count). The van der Waals surface area contributed by atoms with Gasteiger partial charge in [-0.3, -0.25) is 0 Å². The van der Waals surface area contributed by atoms with Gasteiger partial charge in [0.15, 0.2) is 5.82 Å². The summed E-state index contributed by atoms with van der Waals surface area (Å²) in [7, 11) is 0. The Morgan fingerprint density at radius 3 is 1.77 bits per heavy atom. The average molecular weight is 717 g/mol. The summed E-state index contributed by atoms with van der Waals surface area (Å²) in [5.41, 5.74) is 13.5. The molecule has 0 radical (unpaired) electrons. The van der Waals surface area contributed by atoms with Crippen LogP contribution in [-0.4, -0.2) is 19.1 Å². The molecule has 12 aromatic rings. The number of furan rings is 1. The molecule has 5 heteroatoms. The monoisotopic (exact) mass is 716 g/mol. The first-order valence-electron chi connectivity index (χ1n) is 19.0. The van der Waals surface area contributed by atoms with Crippen LogP contribution in [0.4, 0.5) is 0 Å². The second kappa shape index (κ2) is 11.7. The molecule has 262 valence electrons. The lowest BCUT2D eigenvalue weighted by Crippen LogP contribution is -1.99. The van der Waals surface area contributed by atoms with E-state index in [0.29, 0.717) is 5.82 Å². The fraction of sp³-hybridized carbons (Fsp3) is 0.0196. The average Bonchev–Trinajstić information content (AvgIpc) is 3.92. The third-order valence-electron chi connectivity index (χ3n) is 11.4. The number of nitrogens with zero attached hydrogens (tertiary/aromatic N) is 4. The van der Waals surface area contributed by atoms with E-state index in [1.54, 1.807) is 0 Å². The highest BCUT2D eigenvalue weighted by atomic mass is 16.3. The smallest absolute Gasteiger partial charge is 0.160 e. The first-order valence-corrected chi connectivity index (χ1v) is 19.0. The molecule has 5 nitrogen and oxygen atoms in total. The minimum atomic E-state index is 0.714. The van der Waals surface area contributed by atoms with Gasteiger partial charge in [0.05, 0.1) is 44.0 Å². The largest absolute Gasteiger partial charge is 0.455 e. The zero-order valence-corrected chi connectivity index (χ0v) is 30.4. The van der Waals surface area contributed by atoms with Crippen LogP contribution in [-0.2, 0) is 0 Å². The number of benzene rings is 8. The van der Waals surface area contributed by atoms with Crippen LogP contribution in [0.25, 0.3) is 110 Å². The molecule has 0 atom stereocenters. The number of fused-ring (bicyclic) bond motifs is 13. The number of hydrogen-bond donors (Lipinski definition) is 0. The summed E-state index contributed by atoms with van der Waals surface area (Å²) in [6.07, 6.45) is 0. The lowest BCUT2D eigenvalue weighted by Gasteiger charge is -2.14. The summed E-state index contributed by atoms with van der Waals surface area (Å²) in [5.74, 6) is 0.714. The molecule has 0 unspecified atom stereocenters. The Hall–Kier alpha value is -7.50. The molecule has 0 saturated heterocycles. The summed E-state index contributed by atoms with van der Waals surface area (Å²) in [4.78, 5) is 10.3. The normalized spacial score (nSPS) is 12.0. The summed E-state index contributed by atoms with van der Waals surface area (Å²) in [6, 6.07) is 62.0. The molecule has 0 saturated carbocycles. The van der Waals surface area contributed by atoms with E-state index in [0.717, 1.165) is 99.4 Å². The molecule has 0 aliphatic carbocycles. The summed E-state index contributed by atoms with van der Waals surface area (Å²) < 4.78 is 11.8. The van der Waals surface area contributed by atoms with Crippen LogP contribution in [0.5, 0.6) is 0 Å². The quantitative estimate of drug-likeness (QED) is 0.182. The molecule has 8 aromatic carbocycles. The van der Waals surface area contributed by atoms with E-state index in [1.807, 2.05) is 12.1 Å². The molecule has 0 aliphatic rings. The molecule has 4 heterocycles. The Balaban J connectivity index is 1.20. The molecule has 0 spiro atoms. The Bertz CT molecular complexity index is 3540. The minimum absolute atomic E-state index is 0.714. The topological polar surface area (TPSA) is 48.8 Å². The van der Waals surface area contributed by atoms with Gasteiger partial charge >= 0.3 is 0 Å². The van der Waals surface area contributed by atoms with Gasteiger partial charge in [0.1, 0.15) is 11.2 Å². The van der Waals surface area contributed by atoms with Crippen molar-refractivity contribution in [3.05, 3.63) is 181 Å². The van der Waals surface area contributed by atoms with E-state index in [4.69, 9.17) is 14.4 Å². The predicted molar refractivity (Wildman–Crippen MR) is 231 cm³/mol. The fourth-order valence-electron chi connectivity index (χ4n) is 9.04. The standard InChI is InChI=1S/C51H32N4O/c1-31-30-34(28-29-35(31)51-52-40-24-12-8-20-36(40)47(53-51)32-16-4-2-5-17-32)55-42-26-14-10-22-38(42)45-48(55)44-37-21-9-13-25-41(37)54(33-18-6-3-7-19-33)49(44)46-39-23-11-15-27-43(39)56-50(45)46/h2-30H,1H3. The Labute approximate surface area is 321 Å². The number of hydrogen-bond acceptors (Lipinski definition) is 3. The van der Waals surface area contributed by atoms with E-state index < -0.39 is 0 Å². The maximum Gasteiger partial charge on any atom is 0.160 e. The lowest BCUT2D eigenvalue weighted by molar-refractivity contribution is 0.673. The highest BCUT2D eigenvalue weighted by Gasteiger charge is 2.27. The Morgan fingerprint density at radius 2 is 1.04 bits per heavy atom. The third kappa shape index (κ3) is 4.31. The highest BCUT2D eigenvalue weighted by molar-refractivity contribution is 6.39. The van der Waals surface area contributed by atoms with Crippen LogP contribution < -0.4 is 0 Å². The molecular weight excluding hydrogens is 685 g/mol. The van der Waals surface area contributed by atoms with Gasteiger partial charge in [0, 0.05) is 49.4 Å². The van der Waals surface area contributed by atoms with Crippen molar-refractivity contribution in [1.29, 1.82) is 0 Å². The van der Waals surface area contributed by atoms with E-state index in [2.05, 4.69) is 180 Å². The minimum Gasteiger partial charge on any atom is -0.455 e. The van der Waals surface area contributed by atoms with Gasteiger partial charge in [-0.05, 0) is 67.1 Å². The van der Waals surface area contributed by atoms with Crippen LogP contribution >= 0.6 is 0 Å². The zero-order chi connectivity index (χ0) is 36.9. The van der Waals surface area contributed by atoms with Crippen molar-refractivity contribution in [2.75, 3.05) is 0 Å². The van der Waals surface area contributed by atoms with Gasteiger partial charge in [-0.25, -0.2) is 9.97 Å². The molecular formula is C51H32N4O. The van der Waals surface area contributed by atoms with Crippen molar-refractivity contribution >= 4 is 76.5 Å². The zero-order valence-electron chi connectivity index (χ0n) is 30.4. The number of aryl methyl sites for hydroxylation is 1. The van der Waals surface area contributed by atoms with E-state index >= 15 is 0 Å². The van der Waals surface area contributed by atoms with Crippen molar-refractivity contribution in [1.82, 2.24) is 19.1 Å². The van der Waals surface area contributed by atoms with E-state index in [-0.39, 0.29) is 0 Å². The lowest BCUT2D eigenvalue weighted by atomic mass is 10.0. The summed E-state index contributed by atoms with van der Waals surface area (Å²) in [6.45, 7) is 2.17. The number of aromatic nitrogens is 4. The van der Waals surface area contributed by atoms with Crippen molar-refractivity contribution in [2.24, 2.45) is 0 Å². The van der Waals surface area contributed by atoms with Crippen LogP contribution in [0.15, 0.2) is 180 Å². The van der Waals surface area contributed by atoms with Gasteiger partial charge in [0.25, 0.3) is 0 Å². The van der Waals surface area contributed by atoms with Crippen LogP contribution in [0.3, 0.4) is 0 Å². The molecule has 0 bridgehead atoms. The van der Waals surface area contributed by atoms with Crippen LogP contribution in [0.2, 0.25) is 0 Å². The van der Waals surface area contributed by atoms with Gasteiger partial charge in [-0.2, -0.15) is 0 Å². The second-order valence-corrected chi connectivity index (χ2v) is 14.6. The molecule has 0 fully saturated rings. The Morgan fingerprint density at radius 1 is 0.464 bits per heavy atom. The van der Waals surface area contributed by atoms with Crippen LogP contribution in [0, 0.1) is 6.92 Å². The van der Waals surface area contributed by atoms with Gasteiger partial charge in [0.2, 0.25) is 0 Å². The van der Waals surface area contributed by atoms with Gasteiger partial charge in [-0.15, -0.1) is 0 Å². The van der Waals surface area contributed by atoms with Gasteiger partial charge < -0.3 is 13.6 Å². The second-order valence-electron chi connectivity index (χ2n) is 14.6. The van der Waals surface area contributed by atoms with Crippen molar-refractivity contribution in [3.8, 4) is 34.0 Å². The third-order valence-corrected chi connectivity index (χ3v) is 11.4. The fourth-order valence-corrected chi connectivity index (χ4v) is 9.04. The predicted octanol–water partition coefficient (Wildman–Crippen LogP) is 13.4. The SMILES string of the molecule is Cc1cc(-n2c3ccccc3c3c4oc5ccccc5c4c4c(c5ccccc5n4-c4ccccc4)c32)ccc1-c1nc(-c2ccccc2)c2ccccc2n1. The Kier molecular flexibility index (Phi) is 6.48. The summed E-state index contributed by atoms with van der Waals surface area (Å²) >= 11 is 0. The van der Waals surface area contributed by atoms with Crippen molar-refractivity contribution < 1.29 is 4.42 Å². The molecule has 0 aliphatic heterocycles. The maximum atomic E-state index is 6.96. The summed E-state index contributed by atoms with van der Waals surface area (Å²) in [5, 5.41) is 7.93. The maximum absolute atomic E-state index is 6.96. The first kappa shape index (κ1) is 30.9. The molecule has 4 aromatic heterocycles. The number of para-hydroxylation sites is 5.